The minimum atomic E-state index is -2.91. The van der Waals surface area contributed by atoms with Crippen molar-refractivity contribution in [1.82, 2.24) is 0 Å². The minimum absolute atomic E-state index is 0. The van der Waals surface area contributed by atoms with E-state index in [1.54, 1.807) is 14.4 Å². The second-order valence-electron chi connectivity index (χ2n) is 8.20. The van der Waals surface area contributed by atoms with Gasteiger partial charge in [-0.05, 0) is 0 Å². The monoisotopic (exact) mass is 422 g/mol. The number of hydrogen-bond donors (Lipinski definition) is 0. The van der Waals surface area contributed by atoms with Gasteiger partial charge in [-0.2, -0.15) is 0 Å². The van der Waals surface area contributed by atoms with E-state index < -0.39 is 17.4 Å². The van der Waals surface area contributed by atoms with E-state index >= 15 is 0 Å². The molecule has 0 unspecified atom stereocenters. The molecule has 0 radical (unpaired) electrons. The van der Waals surface area contributed by atoms with Crippen LogP contribution in [0.3, 0.4) is 0 Å². The molecule has 0 saturated heterocycles. The first kappa shape index (κ1) is 21.6. The van der Waals surface area contributed by atoms with Gasteiger partial charge in [-0.1, -0.05) is 0 Å². The van der Waals surface area contributed by atoms with E-state index in [9.17, 15) is 0 Å². The van der Waals surface area contributed by atoms with E-state index in [1.807, 2.05) is 3.28 Å². The molecule has 0 nitrogen and oxygen atoms in total. The zero-order valence-corrected chi connectivity index (χ0v) is 19.8. The van der Waals surface area contributed by atoms with Gasteiger partial charge in [0.25, 0.3) is 0 Å². The fourth-order valence-electron chi connectivity index (χ4n) is 3.72. The predicted octanol–water partition coefficient (Wildman–Crippen LogP) is 5.66. The summed E-state index contributed by atoms with van der Waals surface area (Å²) in [6.07, 6.45) is 11.9. The first-order chi connectivity index (χ1) is 8.52. The maximum absolute atomic E-state index is 2.91. The van der Waals surface area contributed by atoms with Gasteiger partial charge in [-0.25, -0.2) is 0 Å². The van der Waals surface area contributed by atoms with Gasteiger partial charge in [0.05, 0.1) is 0 Å². The van der Waals surface area contributed by atoms with Gasteiger partial charge in [0.15, 0.2) is 0 Å². The molecule has 0 aliphatic heterocycles. The summed E-state index contributed by atoms with van der Waals surface area (Å²) >= 11 is -2.91. The SMILES string of the molecule is CC1=[C]([Zr]([CH3])([CH3])(=[SiH2])[C]2=C(C(C)(C)C)C=CC2)CC=C1.Cl.Cl. The fraction of sp³-hybridized carbons (Fsp3) is 0.529. The van der Waals surface area contributed by atoms with Crippen LogP contribution in [0.15, 0.2) is 42.0 Å². The normalized spacial score (nSPS) is 19.0. The first-order valence-corrected chi connectivity index (χ1v) is 20.7. The number of halogens is 2. The smallest absolute Gasteiger partial charge is 0.147 e. The molecule has 0 atom stereocenters. The molecular weight excluding hydrogens is 394 g/mol. The zero-order chi connectivity index (χ0) is 14.5. The fourth-order valence-corrected chi connectivity index (χ4v) is 19.5. The summed E-state index contributed by atoms with van der Waals surface area (Å²) in [6, 6.07) is 0. The van der Waals surface area contributed by atoms with E-state index in [0.29, 0.717) is 0 Å². The van der Waals surface area contributed by atoms with Crippen LogP contribution in [0.25, 0.3) is 0 Å². The maximum Gasteiger partial charge on any atom is -0.147 e. The molecule has 2 aliphatic rings. The Balaban J connectivity index is 0.00000200. The van der Waals surface area contributed by atoms with E-state index in [0.717, 1.165) is 0 Å². The van der Waals surface area contributed by atoms with E-state index in [2.05, 4.69) is 68.1 Å². The van der Waals surface area contributed by atoms with Gasteiger partial charge in [0.1, 0.15) is 0 Å². The number of hydrogen-bond acceptors (Lipinski definition) is 0. The third kappa shape index (κ3) is 3.94. The van der Waals surface area contributed by atoms with Gasteiger partial charge in [-0.3, -0.25) is 0 Å². The Labute approximate surface area is 145 Å². The first-order valence-electron chi connectivity index (χ1n) is 7.37. The van der Waals surface area contributed by atoms with Crippen molar-refractivity contribution in [3.63, 3.8) is 0 Å². The largest absolute Gasteiger partial charge is 0.147 e. The average molecular weight is 425 g/mol. The van der Waals surface area contributed by atoms with Crippen LogP contribution < -0.4 is 0 Å². The summed E-state index contributed by atoms with van der Waals surface area (Å²) in [5, 5.41) is 0. The van der Waals surface area contributed by atoms with Crippen molar-refractivity contribution in [1.29, 1.82) is 0 Å². The van der Waals surface area contributed by atoms with Crippen molar-refractivity contribution < 1.29 is 17.4 Å². The Bertz CT molecular complexity index is 607. The predicted molar refractivity (Wildman–Crippen MR) is 101 cm³/mol. The molecule has 0 aromatic carbocycles. The molecule has 0 bridgehead atoms. The van der Waals surface area contributed by atoms with Crippen LogP contribution in [-0.2, 0) is 17.4 Å². The molecule has 0 amide bonds. The van der Waals surface area contributed by atoms with Crippen LogP contribution in [0.2, 0.25) is 9.26 Å². The summed E-state index contributed by atoms with van der Waals surface area (Å²) in [5.41, 5.74) is 3.47. The van der Waals surface area contributed by atoms with Crippen LogP contribution >= 0.6 is 24.8 Å². The Morgan fingerprint density at radius 1 is 0.952 bits per heavy atom. The molecule has 0 heterocycles. The standard InChI is InChI=1S/C9H13.C6H7.2CH3.2ClH.H2Si.Zr/c1-9(2,3)8-6-4-5-7-8;1-6-4-2-3-5-6;;;;;;/h4,6H,5H2,1-3H3;2,4H,3H2,1H3;2*1H3;2*1H;1H2;. The molecule has 0 fully saturated rings. The Hall–Kier alpha value is 0.640. The average Bonchev–Trinajstić information content (AvgIpc) is 2.82. The summed E-state index contributed by atoms with van der Waals surface area (Å²) in [6.45, 7) is 11.8. The molecule has 0 spiro atoms. The van der Waals surface area contributed by atoms with Crippen LogP contribution in [0.1, 0.15) is 40.5 Å². The van der Waals surface area contributed by atoms with Crippen molar-refractivity contribution in [2.24, 2.45) is 5.41 Å². The third-order valence-electron chi connectivity index (χ3n) is 4.84. The van der Waals surface area contributed by atoms with Crippen molar-refractivity contribution in [3.8, 4) is 0 Å². The zero-order valence-electron chi connectivity index (χ0n) is 14.2. The molecule has 2 aliphatic carbocycles. The summed E-state index contributed by atoms with van der Waals surface area (Å²) < 4.78 is 8.91. The molecule has 120 valence electrons. The van der Waals surface area contributed by atoms with Gasteiger partial charge in [-0.15, -0.1) is 24.8 Å². The van der Waals surface area contributed by atoms with Crippen molar-refractivity contribution in [3.05, 3.63) is 42.0 Å². The molecule has 2 rings (SSSR count). The quantitative estimate of drug-likeness (QED) is 0.502. The second kappa shape index (κ2) is 6.63. The van der Waals surface area contributed by atoms with E-state index in [1.165, 1.54) is 12.8 Å². The van der Waals surface area contributed by atoms with Crippen LogP contribution in [-0.4, -0.2) is 6.88 Å². The van der Waals surface area contributed by atoms with Gasteiger partial charge in [0, 0.05) is 0 Å². The second-order valence-corrected chi connectivity index (χ2v) is 36.9. The summed E-state index contributed by atoms with van der Waals surface area (Å²) in [4.78, 5) is 0. The van der Waals surface area contributed by atoms with E-state index in [-0.39, 0.29) is 30.2 Å². The van der Waals surface area contributed by atoms with Crippen LogP contribution in [0.4, 0.5) is 0 Å². The maximum atomic E-state index is 2.64. The molecular formula is C17H30Cl2SiZr. The number of allylic oxidation sites excluding steroid dienone is 8. The van der Waals surface area contributed by atoms with Gasteiger partial charge >= 0.3 is 122 Å². The minimum Gasteiger partial charge on any atom is -0.147 e. The third-order valence-corrected chi connectivity index (χ3v) is 22.0. The van der Waals surface area contributed by atoms with Crippen molar-refractivity contribution in [2.45, 2.75) is 49.8 Å². The van der Waals surface area contributed by atoms with E-state index in [4.69, 9.17) is 0 Å². The molecule has 0 saturated carbocycles. The molecule has 4 heteroatoms. The Morgan fingerprint density at radius 2 is 1.43 bits per heavy atom. The van der Waals surface area contributed by atoms with Crippen molar-refractivity contribution >= 4 is 31.7 Å². The Morgan fingerprint density at radius 3 is 1.86 bits per heavy atom. The molecule has 0 aromatic rings. The summed E-state index contributed by atoms with van der Waals surface area (Å²) in [7, 11) is 0. The topological polar surface area (TPSA) is 0 Å². The number of rotatable bonds is 2. The van der Waals surface area contributed by atoms with Gasteiger partial charge in [0.2, 0.25) is 0 Å². The summed E-state index contributed by atoms with van der Waals surface area (Å²) in [5.74, 6) is 0. The molecule has 21 heavy (non-hydrogen) atoms. The molecule has 0 N–H and O–H groups in total. The molecule has 0 aromatic heterocycles. The van der Waals surface area contributed by atoms with Crippen LogP contribution in [0, 0.1) is 5.41 Å². The van der Waals surface area contributed by atoms with Crippen LogP contribution in [0.5, 0.6) is 0 Å². The van der Waals surface area contributed by atoms with Crippen molar-refractivity contribution in [2.75, 3.05) is 0 Å². The van der Waals surface area contributed by atoms with Gasteiger partial charge < -0.3 is 0 Å². The Kier molecular flexibility index (Phi) is 6.84.